The maximum absolute atomic E-state index is 6.03. The second-order valence-electron chi connectivity index (χ2n) is 9.40. The molecule has 1 N–H and O–H groups in total. The van der Waals surface area contributed by atoms with Gasteiger partial charge in [0.2, 0.25) is 0 Å². The molecule has 4 nitrogen and oxygen atoms in total. The molecule has 2 aliphatic heterocycles. The molecular formula is C26H34N2O2. The molecule has 3 aliphatic rings. The van der Waals surface area contributed by atoms with Crippen molar-refractivity contribution >= 4 is 0 Å². The van der Waals surface area contributed by atoms with E-state index < -0.39 is 0 Å². The van der Waals surface area contributed by atoms with Crippen LogP contribution >= 0.6 is 0 Å². The van der Waals surface area contributed by atoms with E-state index in [0.717, 1.165) is 52.0 Å². The van der Waals surface area contributed by atoms with Crippen LogP contribution in [-0.4, -0.2) is 42.0 Å². The third-order valence-electron chi connectivity index (χ3n) is 7.50. The number of hydrogen-bond acceptors (Lipinski definition) is 4. The van der Waals surface area contributed by atoms with Crippen LogP contribution in [0.4, 0.5) is 0 Å². The van der Waals surface area contributed by atoms with E-state index in [1.54, 1.807) is 0 Å². The van der Waals surface area contributed by atoms with Crippen LogP contribution in [0.15, 0.2) is 60.7 Å². The molecule has 1 aliphatic carbocycles. The SMILES string of the molecule is C[C@H](N[C@H]1CN(Cc2ccccc2)C2(CCC3(CC2)OCCO3)C1)c1ccccc1. The Kier molecular flexibility index (Phi) is 5.67. The highest BCUT2D eigenvalue weighted by atomic mass is 16.7. The van der Waals surface area contributed by atoms with Gasteiger partial charge >= 0.3 is 0 Å². The monoisotopic (exact) mass is 406 g/mol. The maximum Gasteiger partial charge on any atom is 0.168 e. The van der Waals surface area contributed by atoms with Crippen LogP contribution in [0.1, 0.15) is 56.2 Å². The van der Waals surface area contributed by atoms with Gasteiger partial charge in [-0.3, -0.25) is 4.90 Å². The molecule has 0 unspecified atom stereocenters. The van der Waals surface area contributed by atoms with Crippen molar-refractivity contribution in [2.24, 2.45) is 0 Å². The lowest BCUT2D eigenvalue weighted by Crippen LogP contribution is -2.50. The Morgan fingerprint density at radius 3 is 2.23 bits per heavy atom. The Balaban J connectivity index is 1.32. The first-order valence-corrected chi connectivity index (χ1v) is 11.5. The van der Waals surface area contributed by atoms with E-state index in [1.807, 2.05) is 0 Å². The van der Waals surface area contributed by atoms with E-state index in [-0.39, 0.29) is 11.3 Å². The quantitative estimate of drug-likeness (QED) is 0.783. The normalized spacial score (nSPS) is 26.4. The van der Waals surface area contributed by atoms with Crippen molar-refractivity contribution in [2.75, 3.05) is 19.8 Å². The molecule has 0 bridgehead atoms. The van der Waals surface area contributed by atoms with E-state index in [4.69, 9.17) is 9.47 Å². The highest BCUT2D eigenvalue weighted by Crippen LogP contribution is 2.48. The first-order valence-electron chi connectivity index (χ1n) is 11.5. The second-order valence-corrected chi connectivity index (χ2v) is 9.40. The van der Waals surface area contributed by atoms with Crippen LogP contribution in [0.2, 0.25) is 0 Å². The average molecular weight is 407 g/mol. The average Bonchev–Trinajstić information content (AvgIpc) is 3.37. The molecule has 2 aromatic rings. The van der Waals surface area contributed by atoms with Crippen molar-refractivity contribution in [3.8, 4) is 0 Å². The summed E-state index contributed by atoms with van der Waals surface area (Å²) < 4.78 is 12.1. The Labute approximate surface area is 180 Å². The van der Waals surface area contributed by atoms with Crippen LogP contribution < -0.4 is 5.32 Å². The number of benzene rings is 2. The van der Waals surface area contributed by atoms with E-state index in [2.05, 4.69) is 77.8 Å². The molecule has 2 atom stereocenters. The lowest BCUT2D eigenvalue weighted by atomic mass is 9.76. The zero-order chi connectivity index (χ0) is 20.4. The van der Waals surface area contributed by atoms with Crippen molar-refractivity contribution < 1.29 is 9.47 Å². The van der Waals surface area contributed by atoms with E-state index >= 15 is 0 Å². The minimum atomic E-state index is -0.299. The molecule has 4 heteroatoms. The third-order valence-corrected chi connectivity index (χ3v) is 7.50. The predicted octanol–water partition coefficient (Wildman–Crippen LogP) is 4.67. The third kappa shape index (κ3) is 4.06. The van der Waals surface area contributed by atoms with E-state index in [0.29, 0.717) is 12.1 Å². The topological polar surface area (TPSA) is 33.7 Å². The summed E-state index contributed by atoms with van der Waals surface area (Å²) in [6.07, 6.45) is 5.53. The summed E-state index contributed by atoms with van der Waals surface area (Å²) in [6.45, 7) is 5.91. The summed E-state index contributed by atoms with van der Waals surface area (Å²) in [5, 5.41) is 3.94. The van der Waals surface area contributed by atoms with Crippen molar-refractivity contribution in [2.45, 2.75) is 69.0 Å². The minimum Gasteiger partial charge on any atom is -0.348 e. The van der Waals surface area contributed by atoms with Gasteiger partial charge in [0.15, 0.2) is 5.79 Å². The zero-order valence-electron chi connectivity index (χ0n) is 18.1. The van der Waals surface area contributed by atoms with Gasteiger partial charge in [-0.1, -0.05) is 60.7 Å². The molecule has 1 saturated carbocycles. The Bertz CT molecular complexity index is 809. The molecule has 2 heterocycles. The van der Waals surface area contributed by atoms with Crippen LogP contribution in [0.3, 0.4) is 0 Å². The van der Waals surface area contributed by atoms with Gasteiger partial charge in [-0.2, -0.15) is 0 Å². The van der Waals surface area contributed by atoms with Crippen LogP contribution in [-0.2, 0) is 16.0 Å². The number of hydrogen-bond donors (Lipinski definition) is 1. The van der Waals surface area contributed by atoms with E-state index in [9.17, 15) is 0 Å². The lowest BCUT2D eigenvalue weighted by Gasteiger charge is -2.46. The second kappa shape index (κ2) is 8.43. The number of nitrogens with one attached hydrogen (secondary N) is 1. The molecule has 2 saturated heterocycles. The van der Waals surface area contributed by atoms with Crippen molar-refractivity contribution in [1.29, 1.82) is 0 Å². The maximum atomic E-state index is 6.03. The molecule has 5 rings (SSSR count). The summed E-state index contributed by atoms with van der Waals surface area (Å²) in [6, 6.07) is 22.6. The van der Waals surface area contributed by atoms with Crippen molar-refractivity contribution in [1.82, 2.24) is 10.2 Å². The minimum absolute atomic E-state index is 0.241. The fraction of sp³-hybridized carbons (Fsp3) is 0.538. The summed E-state index contributed by atoms with van der Waals surface area (Å²) in [4.78, 5) is 2.75. The van der Waals surface area contributed by atoms with Crippen molar-refractivity contribution in [3.05, 3.63) is 71.8 Å². The first-order chi connectivity index (χ1) is 14.7. The summed E-state index contributed by atoms with van der Waals surface area (Å²) in [5.74, 6) is -0.299. The van der Waals surface area contributed by atoms with Gasteiger partial charge < -0.3 is 14.8 Å². The fourth-order valence-electron chi connectivity index (χ4n) is 5.85. The molecule has 3 fully saturated rings. The van der Waals surface area contributed by atoms with Crippen LogP contribution in [0.5, 0.6) is 0 Å². The molecule has 0 radical (unpaired) electrons. The molecule has 0 amide bonds. The summed E-state index contributed by atoms with van der Waals surface area (Å²) in [7, 11) is 0. The van der Waals surface area contributed by atoms with Crippen LogP contribution in [0, 0.1) is 0 Å². The molecule has 160 valence electrons. The standard InChI is InChI=1S/C26H34N2O2/c1-21(23-10-6-3-7-11-23)27-24-18-25(12-14-26(15-13-25)29-16-17-30-26)28(20-24)19-22-8-4-2-5-9-22/h2-11,21,24,27H,12-20H2,1H3/t21-,24+/m0/s1. The van der Waals surface area contributed by atoms with E-state index in [1.165, 1.54) is 17.5 Å². The molecule has 2 spiro atoms. The number of ether oxygens (including phenoxy) is 2. The number of rotatable bonds is 5. The summed E-state index contributed by atoms with van der Waals surface area (Å²) >= 11 is 0. The van der Waals surface area contributed by atoms with Gasteiger partial charge in [-0.05, 0) is 37.3 Å². The summed E-state index contributed by atoms with van der Waals surface area (Å²) in [5.41, 5.74) is 3.01. The highest BCUT2D eigenvalue weighted by molar-refractivity contribution is 5.20. The lowest BCUT2D eigenvalue weighted by molar-refractivity contribution is -0.192. The Morgan fingerprint density at radius 1 is 0.933 bits per heavy atom. The van der Waals surface area contributed by atoms with Gasteiger partial charge in [-0.15, -0.1) is 0 Å². The molecule has 30 heavy (non-hydrogen) atoms. The largest absolute Gasteiger partial charge is 0.348 e. The predicted molar refractivity (Wildman–Crippen MR) is 119 cm³/mol. The Hall–Kier alpha value is -1.72. The molecule has 0 aromatic heterocycles. The Morgan fingerprint density at radius 2 is 1.57 bits per heavy atom. The number of nitrogens with zero attached hydrogens (tertiary/aromatic N) is 1. The fourth-order valence-corrected chi connectivity index (χ4v) is 5.85. The number of likely N-dealkylation sites (tertiary alicyclic amines) is 1. The van der Waals surface area contributed by atoms with Crippen LogP contribution in [0.25, 0.3) is 0 Å². The van der Waals surface area contributed by atoms with Gasteiger partial charge in [0.1, 0.15) is 0 Å². The highest BCUT2D eigenvalue weighted by Gasteiger charge is 2.52. The smallest absolute Gasteiger partial charge is 0.168 e. The van der Waals surface area contributed by atoms with Gasteiger partial charge in [0.05, 0.1) is 13.2 Å². The van der Waals surface area contributed by atoms with Crippen molar-refractivity contribution in [3.63, 3.8) is 0 Å². The molecular weight excluding hydrogens is 372 g/mol. The van der Waals surface area contributed by atoms with Gasteiger partial charge in [0.25, 0.3) is 0 Å². The zero-order valence-corrected chi connectivity index (χ0v) is 18.1. The molecule has 2 aromatic carbocycles. The van der Waals surface area contributed by atoms with Gasteiger partial charge in [-0.25, -0.2) is 0 Å². The van der Waals surface area contributed by atoms with Gasteiger partial charge in [0, 0.05) is 43.6 Å². The first kappa shape index (κ1) is 20.2.